The van der Waals surface area contributed by atoms with E-state index in [0.717, 1.165) is 0 Å². The Labute approximate surface area is 112 Å². The number of carbonyl (C=O) groups is 1. The molecule has 0 aliphatic carbocycles. The Morgan fingerprint density at radius 3 is 2.95 bits per heavy atom. The van der Waals surface area contributed by atoms with Gasteiger partial charge in [0.05, 0.1) is 18.0 Å². The van der Waals surface area contributed by atoms with Gasteiger partial charge in [-0.2, -0.15) is 4.52 Å². The first-order valence-corrected chi connectivity index (χ1v) is 5.69. The van der Waals surface area contributed by atoms with Gasteiger partial charge < -0.3 is 9.84 Å². The lowest BCUT2D eigenvalue weighted by atomic mass is 10.1. The van der Waals surface area contributed by atoms with Crippen molar-refractivity contribution in [2.45, 2.75) is 6.92 Å². The molecule has 0 amide bonds. The zero-order chi connectivity index (χ0) is 14.1. The molecule has 0 atom stereocenters. The molecule has 8 heteroatoms. The minimum Gasteiger partial charge on any atom is -0.478 e. The van der Waals surface area contributed by atoms with Crippen LogP contribution in [0.3, 0.4) is 0 Å². The van der Waals surface area contributed by atoms with Crippen molar-refractivity contribution in [3.05, 3.63) is 41.7 Å². The first kappa shape index (κ1) is 12.0. The second kappa shape index (κ2) is 4.57. The van der Waals surface area contributed by atoms with Gasteiger partial charge in [0.25, 0.3) is 0 Å². The number of tetrazole rings is 1. The minimum atomic E-state index is -0.974. The third-order valence-electron chi connectivity index (χ3n) is 2.73. The van der Waals surface area contributed by atoms with Gasteiger partial charge in [0.15, 0.2) is 0 Å². The Morgan fingerprint density at radius 2 is 2.20 bits per heavy atom. The lowest BCUT2D eigenvalue weighted by Gasteiger charge is -2.07. The van der Waals surface area contributed by atoms with Gasteiger partial charge in [0.1, 0.15) is 5.75 Å². The average Bonchev–Trinajstić information content (AvgIpc) is 2.87. The number of nitrogens with zero attached hydrogens (tertiary/aromatic N) is 5. The number of aromatic carboxylic acids is 1. The van der Waals surface area contributed by atoms with Gasteiger partial charge in [-0.05, 0) is 41.1 Å². The van der Waals surface area contributed by atoms with E-state index >= 15 is 0 Å². The van der Waals surface area contributed by atoms with Crippen molar-refractivity contribution < 1.29 is 14.6 Å². The summed E-state index contributed by atoms with van der Waals surface area (Å²) in [6, 6.07) is 4.69. The van der Waals surface area contributed by atoms with Crippen LogP contribution in [0.15, 0.2) is 30.6 Å². The van der Waals surface area contributed by atoms with E-state index in [4.69, 9.17) is 9.84 Å². The molecule has 1 N–H and O–H groups in total. The molecule has 2 aromatic heterocycles. The fraction of sp³-hybridized carbons (Fsp3) is 0.0833. The minimum absolute atomic E-state index is 0.233. The van der Waals surface area contributed by atoms with E-state index in [1.807, 2.05) is 0 Å². The standard InChI is InChI=1S/C12H9N5O3/c1-7-4-8(2-3-9(7)12(18)19)20-11-6-13-5-10-14-15-16-17(10)11/h2-6H,1H3,(H,18,19). The summed E-state index contributed by atoms with van der Waals surface area (Å²) in [7, 11) is 0. The van der Waals surface area contributed by atoms with Gasteiger partial charge in [-0.15, -0.1) is 5.10 Å². The summed E-state index contributed by atoms with van der Waals surface area (Å²) in [4.78, 5) is 14.9. The van der Waals surface area contributed by atoms with Crippen LogP contribution in [-0.4, -0.2) is 36.1 Å². The fourth-order valence-electron chi connectivity index (χ4n) is 1.78. The molecule has 2 heterocycles. The SMILES string of the molecule is Cc1cc(Oc2cncc3nnnn23)ccc1C(=O)O. The van der Waals surface area contributed by atoms with Gasteiger partial charge >= 0.3 is 5.97 Å². The van der Waals surface area contributed by atoms with Crippen LogP contribution in [0, 0.1) is 6.92 Å². The number of ether oxygens (including phenoxy) is 1. The Hall–Kier alpha value is -3.03. The van der Waals surface area contributed by atoms with Gasteiger partial charge in [0.2, 0.25) is 11.5 Å². The summed E-state index contributed by atoms with van der Waals surface area (Å²) in [6.07, 6.45) is 2.98. The quantitative estimate of drug-likeness (QED) is 0.766. The molecule has 8 nitrogen and oxygen atoms in total. The molecular weight excluding hydrogens is 262 g/mol. The Balaban J connectivity index is 1.97. The first-order valence-electron chi connectivity index (χ1n) is 5.69. The van der Waals surface area contributed by atoms with Gasteiger partial charge in [-0.3, -0.25) is 4.98 Å². The lowest BCUT2D eigenvalue weighted by molar-refractivity contribution is 0.0696. The van der Waals surface area contributed by atoms with E-state index in [1.54, 1.807) is 19.1 Å². The Morgan fingerprint density at radius 1 is 1.35 bits per heavy atom. The summed E-state index contributed by atoms with van der Waals surface area (Å²) in [6.45, 7) is 1.70. The molecule has 0 bridgehead atoms. The molecule has 0 spiro atoms. The van der Waals surface area contributed by atoms with Crippen LogP contribution in [0.1, 0.15) is 15.9 Å². The van der Waals surface area contributed by atoms with Gasteiger partial charge in [-0.25, -0.2) is 4.79 Å². The van der Waals surface area contributed by atoms with E-state index in [2.05, 4.69) is 20.5 Å². The number of rotatable bonds is 3. The molecule has 0 fully saturated rings. The highest BCUT2D eigenvalue weighted by Crippen LogP contribution is 2.23. The van der Waals surface area contributed by atoms with E-state index in [0.29, 0.717) is 22.8 Å². The first-order chi connectivity index (χ1) is 9.65. The number of aryl methyl sites for hydroxylation is 1. The van der Waals surface area contributed by atoms with Crippen molar-refractivity contribution in [1.82, 2.24) is 25.0 Å². The molecule has 0 saturated carbocycles. The highest BCUT2D eigenvalue weighted by atomic mass is 16.5. The van der Waals surface area contributed by atoms with E-state index in [-0.39, 0.29) is 5.56 Å². The van der Waals surface area contributed by atoms with Gasteiger partial charge in [-0.1, -0.05) is 0 Å². The normalized spacial score (nSPS) is 10.7. The number of hydrogen-bond acceptors (Lipinski definition) is 6. The average molecular weight is 271 g/mol. The molecule has 0 aliphatic rings. The maximum Gasteiger partial charge on any atom is 0.335 e. The highest BCUT2D eigenvalue weighted by Gasteiger charge is 2.10. The molecule has 0 aliphatic heterocycles. The van der Waals surface area contributed by atoms with Crippen LogP contribution in [0.25, 0.3) is 5.65 Å². The third kappa shape index (κ3) is 2.03. The Kier molecular flexibility index (Phi) is 2.75. The molecular formula is C12H9N5O3. The summed E-state index contributed by atoms with van der Waals surface area (Å²) in [5.41, 5.74) is 1.30. The topological polar surface area (TPSA) is 103 Å². The van der Waals surface area contributed by atoms with Crippen LogP contribution in [0.5, 0.6) is 11.6 Å². The van der Waals surface area contributed by atoms with Crippen molar-refractivity contribution >= 4 is 11.6 Å². The number of benzene rings is 1. The van der Waals surface area contributed by atoms with Crippen molar-refractivity contribution in [2.24, 2.45) is 0 Å². The van der Waals surface area contributed by atoms with E-state index in [1.165, 1.54) is 23.0 Å². The highest BCUT2D eigenvalue weighted by molar-refractivity contribution is 5.89. The smallest absolute Gasteiger partial charge is 0.335 e. The van der Waals surface area contributed by atoms with Crippen molar-refractivity contribution in [1.29, 1.82) is 0 Å². The number of hydrogen-bond donors (Lipinski definition) is 1. The van der Waals surface area contributed by atoms with Crippen molar-refractivity contribution in [2.75, 3.05) is 0 Å². The number of fused-ring (bicyclic) bond motifs is 1. The lowest BCUT2D eigenvalue weighted by Crippen LogP contribution is -2.01. The van der Waals surface area contributed by atoms with Crippen molar-refractivity contribution in [3.8, 4) is 11.6 Å². The molecule has 20 heavy (non-hydrogen) atoms. The Bertz CT molecular complexity index is 799. The molecule has 3 rings (SSSR count). The number of aromatic nitrogens is 5. The predicted molar refractivity (Wildman–Crippen MR) is 66.8 cm³/mol. The van der Waals surface area contributed by atoms with Crippen molar-refractivity contribution in [3.63, 3.8) is 0 Å². The number of carboxylic acids is 1. The van der Waals surface area contributed by atoms with Crippen LogP contribution in [0.2, 0.25) is 0 Å². The third-order valence-corrected chi connectivity index (χ3v) is 2.73. The zero-order valence-electron chi connectivity index (χ0n) is 10.4. The molecule has 0 unspecified atom stereocenters. The fourth-order valence-corrected chi connectivity index (χ4v) is 1.78. The molecule has 1 aromatic carbocycles. The summed E-state index contributed by atoms with van der Waals surface area (Å²) in [5.74, 6) is -0.148. The molecule has 0 saturated heterocycles. The van der Waals surface area contributed by atoms with Crippen LogP contribution >= 0.6 is 0 Å². The monoisotopic (exact) mass is 271 g/mol. The molecule has 0 radical (unpaired) electrons. The summed E-state index contributed by atoms with van der Waals surface area (Å²) in [5, 5.41) is 20.0. The maximum atomic E-state index is 11.0. The number of carboxylic acid groups (broad SMARTS) is 1. The van der Waals surface area contributed by atoms with Crippen LogP contribution in [0.4, 0.5) is 0 Å². The second-order valence-electron chi connectivity index (χ2n) is 4.08. The van der Waals surface area contributed by atoms with Crippen LogP contribution in [-0.2, 0) is 0 Å². The van der Waals surface area contributed by atoms with Gasteiger partial charge in [0, 0.05) is 0 Å². The molecule has 100 valence electrons. The largest absolute Gasteiger partial charge is 0.478 e. The predicted octanol–water partition coefficient (Wildman–Crippen LogP) is 1.32. The zero-order valence-corrected chi connectivity index (χ0v) is 10.4. The molecule has 3 aromatic rings. The van der Waals surface area contributed by atoms with Crippen LogP contribution < -0.4 is 4.74 Å². The summed E-state index contributed by atoms with van der Waals surface area (Å²) < 4.78 is 7.03. The van der Waals surface area contributed by atoms with E-state index < -0.39 is 5.97 Å². The van der Waals surface area contributed by atoms with E-state index in [9.17, 15) is 4.79 Å². The maximum absolute atomic E-state index is 11.0. The second-order valence-corrected chi connectivity index (χ2v) is 4.08. The summed E-state index contributed by atoms with van der Waals surface area (Å²) >= 11 is 0.